The Morgan fingerprint density at radius 3 is 2.51 bits per heavy atom. The van der Waals surface area contributed by atoms with Gasteiger partial charge in [-0.2, -0.15) is 0 Å². The number of aliphatic hydroxyl groups is 1. The van der Waals surface area contributed by atoms with Gasteiger partial charge in [-0.05, 0) is 54.5 Å². The van der Waals surface area contributed by atoms with Gasteiger partial charge in [0.05, 0.1) is 30.1 Å². The Hall–Kier alpha value is -2.97. The maximum atomic E-state index is 14.2. The molecule has 8 nitrogen and oxygen atoms in total. The van der Waals surface area contributed by atoms with Crippen molar-refractivity contribution < 1.29 is 24.2 Å². The van der Waals surface area contributed by atoms with Crippen molar-refractivity contribution in [3.8, 4) is 0 Å². The molecule has 3 aliphatic heterocycles. The van der Waals surface area contributed by atoms with E-state index in [1.165, 1.54) is 0 Å². The fourth-order valence-corrected chi connectivity index (χ4v) is 7.20. The molecule has 2 aromatic carbocycles. The molecule has 3 N–H and O–H groups in total. The van der Waals surface area contributed by atoms with Crippen LogP contribution in [0.15, 0.2) is 42.5 Å². The van der Waals surface area contributed by atoms with E-state index in [1.54, 1.807) is 11.9 Å². The van der Waals surface area contributed by atoms with E-state index in [9.17, 15) is 19.5 Å². The number of likely N-dealkylation sites (tertiary alicyclic amines) is 1. The second-order valence-electron chi connectivity index (χ2n) is 11.2. The van der Waals surface area contributed by atoms with Gasteiger partial charge in [0.2, 0.25) is 17.7 Å². The normalized spacial score (nSPS) is 31.1. The molecule has 1 spiro atoms. The highest BCUT2D eigenvalue weighted by atomic mass is 16.5. The first-order chi connectivity index (χ1) is 17.7. The fraction of sp³-hybridized carbons (Fsp3) is 0.552. The number of rotatable bonds is 8. The lowest BCUT2D eigenvalue weighted by Gasteiger charge is -2.37. The summed E-state index contributed by atoms with van der Waals surface area (Å²) in [5, 5.41) is 18.2. The number of fused-ring (bicyclic) bond motifs is 2. The second kappa shape index (κ2) is 9.40. The van der Waals surface area contributed by atoms with Crippen LogP contribution in [0.2, 0.25) is 0 Å². The van der Waals surface area contributed by atoms with Gasteiger partial charge in [-0.1, -0.05) is 51.1 Å². The van der Waals surface area contributed by atoms with E-state index < -0.39 is 35.1 Å². The number of ether oxygens (including phenoxy) is 1. The number of benzene rings is 2. The Morgan fingerprint density at radius 1 is 1.14 bits per heavy atom. The van der Waals surface area contributed by atoms with E-state index in [-0.39, 0.29) is 30.2 Å². The van der Waals surface area contributed by atoms with Crippen LogP contribution in [0.4, 0.5) is 5.69 Å². The van der Waals surface area contributed by atoms with E-state index >= 15 is 0 Å². The minimum absolute atomic E-state index is 0.195. The smallest absolute Gasteiger partial charge is 0.250 e. The summed E-state index contributed by atoms with van der Waals surface area (Å²) in [6, 6.07) is 12.1. The molecular formula is C29H37N3O5. The summed E-state index contributed by atoms with van der Waals surface area (Å²) in [4.78, 5) is 43.0. The third-order valence-corrected chi connectivity index (χ3v) is 8.76. The molecule has 37 heavy (non-hydrogen) atoms. The number of hydrogen-bond acceptors (Lipinski definition) is 5. The lowest BCUT2D eigenvalue weighted by molar-refractivity contribution is -0.149. The van der Waals surface area contributed by atoms with Gasteiger partial charge in [0.25, 0.3) is 0 Å². The quantitative estimate of drug-likeness (QED) is 0.509. The number of carbonyl (C=O) groups excluding carboxylic acids is 3. The Bertz CT molecular complexity index is 1230. The Morgan fingerprint density at radius 2 is 1.86 bits per heavy atom. The minimum atomic E-state index is -1.12. The molecule has 198 valence electrons. The van der Waals surface area contributed by atoms with Crippen LogP contribution in [0.3, 0.4) is 0 Å². The standard InChI is InChI=1S/C29H37N3O5/c1-5-28-12-13-29(37-28)23(22(28)25(34)30-4)27(36)32(21(16-33)14-17(2)3)24(29)26(35)31-20-11-10-18-8-6-7-9-19(18)15-20/h6-11,15,17,21-24,33H,5,12-14,16H2,1-4H3,(H,30,34)(H,31,35)/t21-,22-,23+,24?,28+,29?/m1/s1. The van der Waals surface area contributed by atoms with Crippen molar-refractivity contribution in [2.75, 3.05) is 19.0 Å². The highest BCUT2D eigenvalue weighted by Gasteiger charge is 2.79. The predicted octanol–water partition coefficient (Wildman–Crippen LogP) is 3.09. The molecule has 8 heteroatoms. The first kappa shape index (κ1) is 25.7. The minimum Gasteiger partial charge on any atom is -0.394 e. The topological polar surface area (TPSA) is 108 Å². The predicted molar refractivity (Wildman–Crippen MR) is 141 cm³/mol. The molecule has 2 aromatic rings. The Kier molecular flexibility index (Phi) is 6.52. The van der Waals surface area contributed by atoms with Crippen molar-refractivity contribution in [2.45, 2.75) is 69.7 Å². The zero-order valence-corrected chi connectivity index (χ0v) is 22.0. The van der Waals surface area contributed by atoms with Gasteiger partial charge in [0.1, 0.15) is 11.6 Å². The largest absolute Gasteiger partial charge is 0.394 e. The zero-order valence-electron chi connectivity index (χ0n) is 22.0. The molecule has 6 atom stereocenters. The first-order valence-corrected chi connectivity index (χ1v) is 13.4. The van der Waals surface area contributed by atoms with E-state index in [4.69, 9.17) is 4.74 Å². The van der Waals surface area contributed by atoms with Crippen LogP contribution in [0.5, 0.6) is 0 Å². The van der Waals surface area contributed by atoms with Crippen molar-refractivity contribution in [1.82, 2.24) is 10.2 Å². The molecular weight excluding hydrogens is 470 g/mol. The lowest BCUT2D eigenvalue weighted by Crippen LogP contribution is -2.56. The van der Waals surface area contributed by atoms with Crippen molar-refractivity contribution in [1.29, 1.82) is 0 Å². The van der Waals surface area contributed by atoms with Crippen molar-refractivity contribution in [3.63, 3.8) is 0 Å². The van der Waals surface area contributed by atoms with Crippen molar-refractivity contribution in [3.05, 3.63) is 42.5 Å². The van der Waals surface area contributed by atoms with Crippen LogP contribution in [0.1, 0.15) is 46.5 Å². The summed E-state index contributed by atoms with van der Waals surface area (Å²) in [7, 11) is 1.57. The summed E-state index contributed by atoms with van der Waals surface area (Å²) in [5.41, 5.74) is -1.27. The molecule has 3 fully saturated rings. The summed E-state index contributed by atoms with van der Waals surface area (Å²) >= 11 is 0. The van der Waals surface area contributed by atoms with Gasteiger partial charge in [-0.15, -0.1) is 0 Å². The van der Waals surface area contributed by atoms with Gasteiger partial charge >= 0.3 is 0 Å². The van der Waals surface area contributed by atoms with Crippen LogP contribution in [0, 0.1) is 17.8 Å². The summed E-state index contributed by atoms with van der Waals surface area (Å²) in [6.45, 7) is 5.75. The number of carbonyl (C=O) groups is 3. The molecule has 5 rings (SSSR count). The summed E-state index contributed by atoms with van der Waals surface area (Å²) in [6.07, 6.45) is 2.23. The highest BCUT2D eigenvalue weighted by molar-refractivity contribution is 6.04. The van der Waals surface area contributed by atoms with E-state index in [0.717, 1.165) is 10.8 Å². The molecule has 0 aromatic heterocycles. The fourth-order valence-electron chi connectivity index (χ4n) is 7.20. The van der Waals surface area contributed by atoms with Crippen molar-refractivity contribution >= 4 is 34.2 Å². The van der Waals surface area contributed by atoms with Gasteiger partial charge < -0.3 is 25.4 Å². The van der Waals surface area contributed by atoms with Crippen LogP contribution >= 0.6 is 0 Å². The number of hydrogen-bond donors (Lipinski definition) is 3. The Balaban J connectivity index is 1.58. The van der Waals surface area contributed by atoms with Crippen LogP contribution < -0.4 is 10.6 Å². The second-order valence-corrected chi connectivity index (χ2v) is 11.2. The van der Waals surface area contributed by atoms with E-state index in [2.05, 4.69) is 10.6 Å². The zero-order chi connectivity index (χ0) is 26.5. The summed E-state index contributed by atoms with van der Waals surface area (Å²) in [5.74, 6) is -2.11. The number of nitrogens with one attached hydrogen (secondary N) is 2. The maximum absolute atomic E-state index is 14.2. The lowest BCUT2D eigenvalue weighted by atomic mass is 9.65. The number of aliphatic hydroxyl groups excluding tert-OH is 1. The molecule has 0 aliphatic carbocycles. The van der Waals surface area contributed by atoms with Crippen molar-refractivity contribution in [2.24, 2.45) is 17.8 Å². The van der Waals surface area contributed by atoms with Crippen LogP contribution in [0.25, 0.3) is 10.8 Å². The molecule has 3 heterocycles. The third-order valence-electron chi connectivity index (χ3n) is 8.76. The van der Waals surface area contributed by atoms with Gasteiger partial charge in [0, 0.05) is 12.7 Å². The number of anilines is 1. The molecule has 0 radical (unpaired) electrons. The van der Waals surface area contributed by atoms with Crippen LogP contribution in [-0.2, 0) is 19.1 Å². The average molecular weight is 508 g/mol. The van der Waals surface area contributed by atoms with Gasteiger partial charge in [-0.3, -0.25) is 14.4 Å². The number of amides is 3. The van der Waals surface area contributed by atoms with E-state index in [0.29, 0.717) is 31.4 Å². The molecule has 2 bridgehead atoms. The maximum Gasteiger partial charge on any atom is 0.250 e. The highest BCUT2D eigenvalue weighted by Crippen LogP contribution is 2.64. The molecule has 0 saturated carbocycles. The van der Waals surface area contributed by atoms with Gasteiger partial charge in [-0.25, -0.2) is 0 Å². The Labute approximate surface area is 217 Å². The summed E-state index contributed by atoms with van der Waals surface area (Å²) < 4.78 is 6.73. The third kappa shape index (κ3) is 3.84. The molecule has 3 saturated heterocycles. The first-order valence-electron chi connectivity index (χ1n) is 13.4. The molecule has 2 unspecified atom stereocenters. The van der Waals surface area contributed by atoms with Crippen LogP contribution in [-0.4, -0.2) is 64.7 Å². The molecule has 3 aliphatic rings. The average Bonchev–Trinajstić information content (AvgIpc) is 3.50. The van der Waals surface area contributed by atoms with E-state index in [1.807, 2.05) is 63.2 Å². The monoisotopic (exact) mass is 507 g/mol. The SMILES string of the molecule is CC[C@@]12CCC3(O1)C(C(=O)Nc1ccc4ccccc4c1)N([C@@H](CO)CC(C)C)C(=O)[C@@H]3[C@@H]2C(=O)NC. The molecule has 3 amide bonds. The van der Waals surface area contributed by atoms with Gasteiger partial charge in [0.15, 0.2) is 0 Å². The number of nitrogens with zero attached hydrogens (tertiary/aromatic N) is 1.